The third-order valence-corrected chi connectivity index (χ3v) is 4.98. The van der Waals surface area contributed by atoms with Crippen LogP contribution >= 0.6 is 0 Å². The predicted octanol–water partition coefficient (Wildman–Crippen LogP) is 1.90. The zero-order valence-electron chi connectivity index (χ0n) is 15.1. The van der Waals surface area contributed by atoms with E-state index >= 15 is 0 Å². The van der Waals surface area contributed by atoms with E-state index in [1.165, 1.54) is 0 Å². The van der Waals surface area contributed by atoms with Crippen LogP contribution in [0.4, 0.5) is 11.6 Å². The number of anilines is 2. The molecule has 2 atom stereocenters. The van der Waals surface area contributed by atoms with Gasteiger partial charge in [-0.3, -0.25) is 0 Å². The molecular weight excluding hydrogens is 330 g/mol. The van der Waals surface area contributed by atoms with E-state index in [1.807, 2.05) is 37.3 Å². The van der Waals surface area contributed by atoms with Gasteiger partial charge in [-0.1, -0.05) is 6.07 Å². The molecule has 0 amide bonds. The molecule has 0 aromatic carbocycles. The van der Waals surface area contributed by atoms with E-state index in [4.69, 9.17) is 9.47 Å². The Hall–Kier alpha value is -2.25. The minimum absolute atomic E-state index is 0.278. The molecule has 2 aromatic rings. The minimum Gasteiger partial charge on any atom is -0.377 e. The highest BCUT2D eigenvalue weighted by atomic mass is 16.5. The van der Waals surface area contributed by atoms with Gasteiger partial charge in [-0.15, -0.1) is 5.10 Å². The van der Waals surface area contributed by atoms with Crippen molar-refractivity contribution >= 4 is 11.6 Å². The Kier molecular flexibility index (Phi) is 4.99. The summed E-state index contributed by atoms with van der Waals surface area (Å²) in [4.78, 5) is 6.55. The largest absolute Gasteiger partial charge is 0.377 e. The molecule has 4 rings (SSSR count). The predicted molar refractivity (Wildman–Crippen MR) is 99.3 cm³/mol. The number of rotatable bonds is 4. The Morgan fingerprint density at radius 2 is 2.23 bits per heavy atom. The second-order valence-electron chi connectivity index (χ2n) is 7.17. The number of ether oxygens (including phenoxy) is 2. The molecule has 2 saturated heterocycles. The monoisotopic (exact) mass is 355 g/mol. The SMILES string of the molecule is Cc1ccc(N2CCOCC3(CC(CNc4ccccn4)CO3)C2)nn1. The number of aryl methyl sites for hydroxylation is 1. The summed E-state index contributed by atoms with van der Waals surface area (Å²) in [7, 11) is 0. The zero-order chi connectivity index (χ0) is 17.8. The van der Waals surface area contributed by atoms with Gasteiger partial charge in [0.2, 0.25) is 0 Å². The van der Waals surface area contributed by atoms with E-state index in [0.717, 1.165) is 50.0 Å². The molecule has 2 unspecified atom stereocenters. The maximum atomic E-state index is 6.26. The standard InChI is InChI=1S/C19H25N5O2/c1-15-5-6-18(23-22-15)24-8-9-25-14-19(13-24)10-16(12-26-19)11-21-17-4-2-3-7-20-17/h2-7,16H,8-14H2,1H3,(H,20,21). The fourth-order valence-corrected chi connectivity index (χ4v) is 3.66. The van der Waals surface area contributed by atoms with E-state index in [1.54, 1.807) is 6.20 Å². The summed E-state index contributed by atoms with van der Waals surface area (Å²) in [5.74, 6) is 2.23. The van der Waals surface area contributed by atoms with Crippen molar-refractivity contribution in [2.24, 2.45) is 5.92 Å². The Morgan fingerprint density at radius 1 is 1.27 bits per heavy atom. The molecule has 0 aliphatic carbocycles. The molecule has 1 spiro atoms. The summed E-state index contributed by atoms with van der Waals surface area (Å²) in [6.45, 7) is 6.42. The molecule has 2 aromatic heterocycles. The molecule has 2 aliphatic heterocycles. The van der Waals surface area contributed by atoms with Crippen LogP contribution in [0.2, 0.25) is 0 Å². The molecule has 0 saturated carbocycles. The fraction of sp³-hybridized carbons (Fsp3) is 0.526. The topological polar surface area (TPSA) is 72.4 Å². The van der Waals surface area contributed by atoms with Crippen LogP contribution in [0.3, 0.4) is 0 Å². The normalized spacial score (nSPS) is 26.0. The highest BCUT2D eigenvalue weighted by Gasteiger charge is 2.43. The van der Waals surface area contributed by atoms with Gasteiger partial charge >= 0.3 is 0 Å². The first-order chi connectivity index (χ1) is 12.7. The molecule has 0 bridgehead atoms. The first kappa shape index (κ1) is 17.2. The number of nitrogens with one attached hydrogen (secondary N) is 1. The highest BCUT2D eigenvalue weighted by Crippen LogP contribution is 2.33. The highest BCUT2D eigenvalue weighted by molar-refractivity contribution is 5.38. The van der Waals surface area contributed by atoms with Gasteiger partial charge in [-0.25, -0.2) is 4.98 Å². The van der Waals surface area contributed by atoms with Gasteiger partial charge in [-0.05, 0) is 37.6 Å². The van der Waals surface area contributed by atoms with Gasteiger partial charge in [-0.2, -0.15) is 5.10 Å². The van der Waals surface area contributed by atoms with E-state index in [-0.39, 0.29) is 5.60 Å². The lowest BCUT2D eigenvalue weighted by Crippen LogP contribution is -2.44. The van der Waals surface area contributed by atoms with E-state index < -0.39 is 0 Å². The smallest absolute Gasteiger partial charge is 0.151 e. The van der Waals surface area contributed by atoms with Gasteiger partial charge in [0, 0.05) is 25.2 Å². The summed E-state index contributed by atoms with van der Waals surface area (Å²) in [6.07, 6.45) is 2.76. The van der Waals surface area contributed by atoms with E-state index in [9.17, 15) is 0 Å². The number of pyridine rings is 1. The van der Waals surface area contributed by atoms with Crippen LogP contribution in [0.25, 0.3) is 0 Å². The second kappa shape index (κ2) is 7.55. The van der Waals surface area contributed by atoms with Crippen molar-refractivity contribution in [3.63, 3.8) is 0 Å². The summed E-state index contributed by atoms with van der Waals surface area (Å²) in [5, 5.41) is 11.9. The van der Waals surface area contributed by atoms with Crippen molar-refractivity contribution in [2.45, 2.75) is 18.9 Å². The van der Waals surface area contributed by atoms with Crippen molar-refractivity contribution < 1.29 is 9.47 Å². The molecule has 1 N–H and O–H groups in total. The van der Waals surface area contributed by atoms with Gasteiger partial charge in [0.25, 0.3) is 0 Å². The molecule has 2 fully saturated rings. The quantitative estimate of drug-likeness (QED) is 0.898. The summed E-state index contributed by atoms with van der Waals surface area (Å²) >= 11 is 0. The molecule has 26 heavy (non-hydrogen) atoms. The Bertz CT molecular complexity index is 712. The van der Waals surface area contributed by atoms with Crippen LogP contribution in [0, 0.1) is 12.8 Å². The van der Waals surface area contributed by atoms with Crippen molar-refractivity contribution in [1.82, 2.24) is 15.2 Å². The lowest BCUT2D eigenvalue weighted by atomic mass is 9.94. The van der Waals surface area contributed by atoms with Crippen LogP contribution in [-0.2, 0) is 9.47 Å². The average molecular weight is 355 g/mol. The van der Waals surface area contributed by atoms with Crippen LogP contribution in [0.5, 0.6) is 0 Å². The minimum atomic E-state index is -0.278. The number of hydrogen-bond acceptors (Lipinski definition) is 7. The summed E-state index contributed by atoms with van der Waals surface area (Å²) in [6, 6.07) is 9.91. The van der Waals surface area contributed by atoms with Crippen molar-refractivity contribution in [3.05, 3.63) is 42.2 Å². The van der Waals surface area contributed by atoms with Crippen LogP contribution in [-0.4, -0.2) is 60.2 Å². The van der Waals surface area contributed by atoms with Gasteiger partial charge < -0.3 is 19.7 Å². The van der Waals surface area contributed by atoms with Crippen LogP contribution in [0.15, 0.2) is 36.5 Å². The third kappa shape index (κ3) is 3.94. The lowest BCUT2D eigenvalue weighted by Gasteiger charge is -2.31. The van der Waals surface area contributed by atoms with Crippen molar-refractivity contribution in [3.8, 4) is 0 Å². The van der Waals surface area contributed by atoms with E-state index in [0.29, 0.717) is 19.1 Å². The van der Waals surface area contributed by atoms with Crippen LogP contribution in [0.1, 0.15) is 12.1 Å². The first-order valence-corrected chi connectivity index (χ1v) is 9.14. The lowest BCUT2D eigenvalue weighted by molar-refractivity contribution is -0.0457. The molecule has 7 nitrogen and oxygen atoms in total. The van der Waals surface area contributed by atoms with Gasteiger partial charge in [0.15, 0.2) is 5.82 Å². The third-order valence-electron chi connectivity index (χ3n) is 4.98. The summed E-state index contributed by atoms with van der Waals surface area (Å²) < 4.78 is 12.1. The molecule has 2 aliphatic rings. The Balaban J connectivity index is 1.40. The molecular formula is C19H25N5O2. The Labute approximate surface area is 153 Å². The summed E-state index contributed by atoms with van der Waals surface area (Å²) in [5.41, 5.74) is 0.645. The van der Waals surface area contributed by atoms with Crippen LogP contribution < -0.4 is 10.2 Å². The number of aromatic nitrogens is 3. The molecule has 7 heteroatoms. The number of nitrogens with zero attached hydrogens (tertiary/aromatic N) is 4. The average Bonchev–Trinajstić information content (AvgIpc) is 2.95. The van der Waals surface area contributed by atoms with Gasteiger partial charge in [0.05, 0.1) is 32.1 Å². The fourth-order valence-electron chi connectivity index (χ4n) is 3.66. The van der Waals surface area contributed by atoms with E-state index in [2.05, 4.69) is 25.4 Å². The Morgan fingerprint density at radius 3 is 3.04 bits per heavy atom. The molecule has 0 radical (unpaired) electrons. The zero-order valence-corrected chi connectivity index (χ0v) is 15.1. The number of hydrogen-bond donors (Lipinski definition) is 1. The second-order valence-corrected chi connectivity index (χ2v) is 7.17. The van der Waals surface area contributed by atoms with Crippen molar-refractivity contribution in [2.75, 3.05) is 49.7 Å². The maximum Gasteiger partial charge on any atom is 0.151 e. The molecule has 4 heterocycles. The first-order valence-electron chi connectivity index (χ1n) is 9.14. The molecule has 138 valence electrons. The van der Waals surface area contributed by atoms with Crippen molar-refractivity contribution in [1.29, 1.82) is 0 Å². The maximum absolute atomic E-state index is 6.26. The van der Waals surface area contributed by atoms with Gasteiger partial charge in [0.1, 0.15) is 11.4 Å².